The minimum absolute atomic E-state index is 0.00596. The van der Waals surface area contributed by atoms with E-state index in [0.717, 1.165) is 15.6 Å². The summed E-state index contributed by atoms with van der Waals surface area (Å²) >= 11 is 0.885. The molecule has 1 fully saturated rings. The van der Waals surface area contributed by atoms with Gasteiger partial charge in [-0.15, -0.1) is 11.3 Å². The maximum atomic E-state index is 12.7. The first-order chi connectivity index (χ1) is 9.75. The van der Waals surface area contributed by atoms with E-state index in [1.165, 1.54) is 5.38 Å². The van der Waals surface area contributed by atoms with Crippen molar-refractivity contribution in [2.45, 2.75) is 24.7 Å². The Morgan fingerprint density at radius 2 is 2.14 bits per heavy atom. The van der Waals surface area contributed by atoms with E-state index in [0.29, 0.717) is 18.4 Å². The maximum absolute atomic E-state index is 12.7. The molecule has 1 saturated heterocycles. The molecular formula is C12H16N2O5S2. The Bertz CT molecular complexity index is 680. The monoisotopic (exact) mass is 332 g/mol. The van der Waals surface area contributed by atoms with Crippen LogP contribution in [0, 0.1) is 12.8 Å². The third-order valence-corrected chi connectivity index (χ3v) is 6.77. The number of thiophene rings is 1. The summed E-state index contributed by atoms with van der Waals surface area (Å²) < 4.78 is 26.5. The summed E-state index contributed by atoms with van der Waals surface area (Å²) in [5.74, 6) is -2.33. The molecule has 1 aromatic heterocycles. The van der Waals surface area contributed by atoms with Gasteiger partial charge >= 0.3 is 5.97 Å². The fraction of sp³-hybridized carbons (Fsp3) is 0.500. The number of piperidine rings is 1. The average Bonchev–Trinajstić information content (AvgIpc) is 2.81. The second-order valence-corrected chi connectivity index (χ2v) is 7.74. The highest BCUT2D eigenvalue weighted by Crippen LogP contribution is 2.31. The van der Waals surface area contributed by atoms with E-state index in [1.54, 1.807) is 6.92 Å². The molecule has 1 aliphatic rings. The number of nitrogens with zero attached hydrogens (tertiary/aromatic N) is 1. The summed E-state index contributed by atoms with van der Waals surface area (Å²) in [5, 5.41) is 10.6. The fourth-order valence-corrected chi connectivity index (χ4v) is 5.53. The van der Waals surface area contributed by atoms with E-state index in [2.05, 4.69) is 0 Å². The van der Waals surface area contributed by atoms with E-state index in [9.17, 15) is 18.0 Å². The fourth-order valence-electron chi connectivity index (χ4n) is 2.42. The van der Waals surface area contributed by atoms with Crippen molar-refractivity contribution in [2.24, 2.45) is 11.7 Å². The number of carbonyl (C=O) groups excluding carboxylic acids is 1. The highest BCUT2D eigenvalue weighted by Gasteiger charge is 2.36. The molecule has 2 rings (SSSR count). The Morgan fingerprint density at radius 3 is 2.71 bits per heavy atom. The number of carboxylic acids is 1. The van der Waals surface area contributed by atoms with Gasteiger partial charge in [0.25, 0.3) is 0 Å². The number of sulfonamides is 1. The molecule has 1 aliphatic heterocycles. The Morgan fingerprint density at radius 1 is 1.48 bits per heavy atom. The molecule has 0 aromatic carbocycles. The summed E-state index contributed by atoms with van der Waals surface area (Å²) in [6.45, 7) is 1.83. The average molecular weight is 332 g/mol. The van der Waals surface area contributed by atoms with Crippen molar-refractivity contribution in [3.63, 3.8) is 0 Å². The van der Waals surface area contributed by atoms with E-state index >= 15 is 0 Å². The molecule has 9 heteroatoms. The van der Waals surface area contributed by atoms with Gasteiger partial charge in [0, 0.05) is 13.1 Å². The van der Waals surface area contributed by atoms with Gasteiger partial charge in [0.2, 0.25) is 15.9 Å². The Balaban J connectivity index is 2.41. The molecule has 2 heterocycles. The number of nitrogens with two attached hydrogens (primary N) is 1. The number of aryl methyl sites for hydroxylation is 1. The number of primary amides is 1. The van der Waals surface area contributed by atoms with Crippen LogP contribution in [-0.2, 0) is 14.8 Å². The molecular weight excluding hydrogens is 316 g/mol. The molecule has 1 unspecified atom stereocenters. The Labute approximate surface area is 126 Å². The first-order valence-corrected chi connectivity index (χ1v) is 8.68. The van der Waals surface area contributed by atoms with E-state index in [4.69, 9.17) is 10.8 Å². The van der Waals surface area contributed by atoms with Crippen LogP contribution >= 0.6 is 11.3 Å². The lowest BCUT2D eigenvalue weighted by Crippen LogP contribution is -2.44. The number of hydrogen-bond donors (Lipinski definition) is 2. The first kappa shape index (κ1) is 15.9. The number of rotatable bonds is 4. The largest absolute Gasteiger partial charge is 0.477 e. The molecule has 0 radical (unpaired) electrons. The predicted octanol–water partition coefficient (Wildman–Crippen LogP) is 0.641. The molecule has 7 nitrogen and oxygen atoms in total. The molecule has 0 spiro atoms. The van der Waals surface area contributed by atoms with Gasteiger partial charge in [-0.25, -0.2) is 13.2 Å². The molecule has 21 heavy (non-hydrogen) atoms. The van der Waals surface area contributed by atoms with Gasteiger partial charge in [-0.3, -0.25) is 4.79 Å². The zero-order valence-electron chi connectivity index (χ0n) is 11.4. The first-order valence-electron chi connectivity index (χ1n) is 6.36. The summed E-state index contributed by atoms with van der Waals surface area (Å²) in [6, 6.07) is 0. The number of hydrogen-bond acceptors (Lipinski definition) is 5. The zero-order chi connectivity index (χ0) is 15.8. The van der Waals surface area contributed by atoms with Gasteiger partial charge in [0.15, 0.2) is 0 Å². The van der Waals surface area contributed by atoms with Crippen molar-refractivity contribution < 1.29 is 23.1 Å². The van der Waals surface area contributed by atoms with Crippen LogP contribution in [0.15, 0.2) is 10.3 Å². The molecule has 1 amide bonds. The summed E-state index contributed by atoms with van der Waals surface area (Å²) in [6.07, 6.45) is 1.08. The lowest BCUT2D eigenvalue weighted by atomic mass is 9.99. The second-order valence-electron chi connectivity index (χ2n) is 4.99. The van der Waals surface area contributed by atoms with Crippen LogP contribution in [0.5, 0.6) is 0 Å². The van der Waals surface area contributed by atoms with Crippen LogP contribution in [0.4, 0.5) is 0 Å². The van der Waals surface area contributed by atoms with Gasteiger partial charge in [0.1, 0.15) is 9.77 Å². The Kier molecular flexibility index (Phi) is 4.35. The number of carbonyl (C=O) groups is 2. The molecule has 116 valence electrons. The normalized spacial score (nSPS) is 20.3. The predicted molar refractivity (Wildman–Crippen MR) is 76.7 cm³/mol. The quantitative estimate of drug-likeness (QED) is 0.839. The highest BCUT2D eigenvalue weighted by molar-refractivity contribution is 7.89. The highest BCUT2D eigenvalue weighted by atomic mass is 32.2. The molecule has 1 aromatic rings. The van der Waals surface area contributed by atoms with Crippen LogP contribution < -0.4 is 5.73 Å². The van der Waals surface area contributed by atoms with Crippen molar-refractivity contribution in [1.82, 2.24) is 4.31 Å². The second kappa shape index (κ2) is 5.74. The number of aromatic carboxylic acids is 1. The Hall–Kier alpha value is -1.45. The van der Waals surface area contributed by atoms with E-state index in [-0.39, 0.29) is 22.9 Å². The standard InChI is InChI=1S/C12H16N2O5S2/c1-7-6-20-9(12(16)17)10(7)21(18,19)14-4-2-3-8(5-14)11(13)15/h6,8H,2-5H2,1H3,(H2,13,15)(H,16,17). The van der Waals surface area contributed by atoms with Crippen molar-refractivity contribution >= 4 is 33.2 Å². The zero-order valence-corrected chi connectivity index (χ0v) is 13.0. The van der Waals surface area contributed by atoms with Crippen LogP contribution in [0.25, 0.3) is 0 Å². The van der Waals surface area contributed by atoms with Gasteiger partial charge in [-0.05, 0) is 30.7 Å². The third-order valence-electron chi connectivity index (χ3n) is 3.50. The van der Waals surface area contributed by atoms with Crippen molar-refractivity contribution in [3.8, 4) is 0 Å². The molecule has 0 bridgehead atoms. The summed E-state index contributed by atoms with van der Waals surface area (Å²) in [4.78, 5) is 22.1. The SMILES string of the molecule is Cc1csc(C(=O)O)c1S(=O)(=O)N1CCCC(C(N)=O)C1. The van der Waals surface area contributed by atoms with Crippen molar-refractivity contribution in [2.75, 3.05) is 13.1 Å². The minimum atomic E-state index is -3.94. The minimum Gasteiger partial charge on any atom is -0.477 e. The lowest BCUT2D eigenvalue weighted by molar-refractivity contribution is -0.122. The van der Waals surface area contributed by atoms with Crippen LogP contribution in [0.3, 0.4) is 0 Å². The van der Waals surface area contributed by atoms with E-state index in [1.807, 2.05) is 0 Å². The summed E-state index contributed by atoms with van der Waals surface area (Å²) in [5.41, 5.74) is 5.65. The topological polar surface area (TPSA) is 118 Å². The van der Waals surface area contributed by atoms with Crippen LogP contribution in [0.1, 0.15) is 28.1 Å². The molecule has 1 atom stereocenters. The van der Waals surface area contributed by atoms with Crippen molar-refractivity contribution in [1.29, 1.82) is 0 Å². The van der Waals surface area contributed by atoms with Gasteiger partial charge in [-0.2, -0.15) is 4.31 Å². The summed E-state index contributed by atoms with van der Waals surface area (Å²) in [7, 11) is -3.94. The van der Waals surface area contributed by atoms with Gasteiger partial charge < -0.3 is 10.8 Å². The van der Waals surface area contributed by atoms with Crippen LogP contribution in [0.2, 0.25) is 0 Å². The number of amides is 1. The maximum Gasteiger partial charge on any atom is 0.347 e. The lowest BCUT2D eigenvalue weighted by Gasteiger charge is -2.30. The van der Waals surface area contributed by atoms with Crippen molar-refractivity contribution in [3.05, 3.63) is 15.8 Å². The smallest absolute Gasteiger partial charge is 0.347 e. The molecule has 0 aliphatic carbocycles. The van der Waals surface area contributed by atoms with Gasteiger partial charge in [-0.1, -0.05) is 0 Å². The third kappa shape index (κ3) is 2.94. The van der Waals surface area contributed by atoms with E-state index < -0.39 is 27.8 Å². The van der Waals surface area contributed by atoms with Gasteiger partial charge in [0.05, 0.1) is 5.92 Å². The molecule has 0 saturated carbocycles. The van der Waals surface area contributed by atoms with Crippen LogP contribution in [-0.4, -0.2) is 42.8 Å². The number of carboxylic acid groups (broad SMARTS) is 1. The molecule has 3 N–H and O–H groups in total.